The number of benzene rings is 1. The number of carbonyl (C=O) groups excluding carboxylic acids is 1. The Morgan fingerprint density at radius 1 is 1.29 bits per heavy atom. The Morgan fingerprint density at radius 3 is 2.47 bits per heavy atom. The van der Waals surface area contributed by atoms with Crippen LogP contribution in [0.25, 0.3) is 0 Å². The number of carbonyl (C=O) groups is 1. The average molecular weight is 246 g/mol. The number of aromatic nitrogens is 1. The SMILES string of the molecule is Cc1cc(C)cc(C(=O)c2csc(CN)n2)c1. The maximum absolute atomic E-state index is 12.2. The van der Waals surface area contributed by atoms with Crippen molar-refractivity contribution in [2.45, 2.75) is 20.4 Å². The molecular formula is C13H14N2OS. The summed E-state index contributed by atoms with van der Waals surface area (Å²) in [6.45, 7) is 4.34. The molecule has 0 saturated heterocycles. The Hall–Kier alpha value is -1.52. The molecule has 4 heteroatoms. The Labute approximate surface area is 104 Å². The minimum atomic E-state index is -0.0345. The molecule has 1 heterocycles. The highest BCUT2D eigenvalue weighted by Gasteiger charge is 2.13. The molecule has 0 bridgehead atoms. The van der Waals surface area contributed by atoms with Crippen molar-refractivity contribution in [2.75, 3.05) is 0 Å². The molecule has 0 aliphatic rings. The number of hydrogen-bond donors (Lipinski definition) is 1. The van der Waals surface area contributed by atoms with Crippen LogP contribution in [-0.4, -0.2) is 10.8 Å². The predicted molar refractivity (Wildman–Crippen MR) is 69.4 cm³/mol. The standard InChI is InChI=1S/C13H14N2OS/c1-8-3-9(2)5-10(4-8)13(16)11-7-17-12(6-14)15-11/h3-5,7H,6,14H2,1-2H3. The summed E-state index contributed by atoms with van der Waals surface area (Å²) in [7, 11) is 0. The smallest absolute Gasteiger partial charge is 0.212 e. The Balaban J connectivity index is 2.36. The fourth-order valence-corrected chi connectivity index (χ4v) is 2.42. The minimum absolute atomic E-state index is 0.0345. The lowest BCUT2D eigenvalue weighted by Gasteiger charge is -2.02. The first-order valence-electron chi connectivity index (χ1n) is 5.37. The van der Waals surface area contributed by atoms with Crippen LogP contribution in [0.2, 0.25) is 0 Å². The molecule has 3 nitrogen and oxygen atoms in total. The van der Waals surface area contributed by atoms with Crippen LogP contribution in [-0.2, 0) is 6.54 Å². The average Bonchev–Trinajstić information content (AvgIpc) is 2.75. The highest BCUT2D eigenvalue weighted by atomic mass is 32.1. The largest absolute Gasteiger partial charge is 0.325 e. The quantitative estimate of drug-likeness (QED) is 0.846. The zero-order chi connectivity index (χ0) is 12.4. The van der Waals surface area contributed by atoms with Gasteiger partial charge in [0.15, 0.2) is 0 Å². The molecule has 0 amide bonds. The highest BCUT2D eigenvalue weighted by molar-refractivity contribution is 7.09. The van der Waals surface area contributed by atoms with Gasteiger partial charge in [-0.05, 0) is 26.0 Å². The van der Waals surface area contributed by atoms with E-state index in [-0.39, 0.29) is 5.78 Å². The van der Waals surface area contributed by atoms with E-state index in [0.717, 1.165) is 16.1 Å². The number of nitrogens with zero attached hydrogens (tertiary/aromatic N) is 1. The molecule has 0 aliphatic heterocycles. The number of hydrogen-bond acceptors (Lipinski definition) is 4. The first-order valence-corrected chi connectivity index (χ1v) is 6.25. The monoisotopic (exact) mass is 246 g/mol. The summed E-state index contributed by atoms with van der Waals surface area (Å²) in [6.07, 6.45) is 0. The molecule has 88 valence electrons. The maximum Gasteiger partial charge on any atom is 0.212 e. The lowest BCUT2D eigenvalue weighted by molar-refractivity contribution is 0.103. The van der Waals surface area contributed by atoms with Gasteiger partial charge in [0.25, 0.3) is 0 Å². The molecule has 2 rings (SSSR count). The molecule has 2 aromatic rings. The van der Waals surface area contributed by atoms with Gasteiger partial charge in [-0.15, -0.1) is 11.3 Å². The van der Waals surface area contributed by atoms with E-state index in [1.165, 1.54) is 11.3 Å². The Kier molecular flexibility index (Phi) is 3.36. The van der Waals surface area contributed by atoms with E-state index < -0.39 is 0 Å². The van der Waals surface area contributed by atoms with E-state index in [0.29, 0.717) is 17.8 Å². The summed E-state index contributed by atoms with van der Waals surface area (Å²) in [5, 5.41) is 2.56. The first-order chi connectivity index (χ1) is 8.10. The molecule has 0 aliphatic carbocycles. The normalized spacial score (nSPS) is 10.5. The molecule has 0 saturated carbocycles. The molecule has 0 atom stereocenters. The molecule has 0 fully saturated rings. The van der Waals surface area contributed by atoms with E-state index in [2.05, 4.69) is 4.98 Å². The number of ketones is 1. The zero-order valence-corrected chi connectivity index (χ0v) is 10.7. The van der Waals surface area contributed by atoms with Crippen LogP contribution < -0.4 is 5.73 Å². The van der Waals surface area contributed by atoms with Gasteiger partial charge in [0.1, 0.15) is 10.7 Å². The zero-order valence-electron chi connectivity index (χ0n) is 9.86. The fourth-order valence-electron chi connectivity index (χ4n) is 1.76. The summed E-state index contributed by atoms with van der Waals surface area (Å²) in [6, 6.07) is 5.82. The van der Waals surface area contributed by atoms with Crippen molar-refractivity contribution in [3.8, 4) is 0 Å². The van der Waals surface area contributed by atoms with Gasteiger partial charge in [0, 0.05) is 17.5 Å². The summed E-state index contributed by atoms with van der Waals surface area (Å²) in [5.41, 5.74) is 8.84. The Morgan fingerprint density at radius 2 is 1.94 bits per heavy atom. The topological polar surface area (TPSA) is 56.0 Å². The molecule has 0 unspecified atom stereocenters. The second-order valence-corrected chi connectivity index (χ2v) is 4.98. The third-order valence-corrected chi connectivity index (χ3v) is 3.31. The molecule has 1 aromatic heterocycles. The van der Waals surface area contributed by atoms with Gasteiger partial charge in [0.05, 0.1) is 0 Å². The molecular weight excluding hydrogens is 232 g/mol. The maximum atomic E-state index is 12.2. The lowest BCUT2D eigenvalue weighted by atomic mass is 10.0. The van der Waals surface area contributed by atoms with Gasteiger partial charge in [-0.25, -0.2) is 4.98 Å². The Bertz CT molecular complexity index is 540. The fraction of sp³-hybridized carbons (Fsp3) is 0.231. The molecule has 0 radical (unpaired) electrons. The third-order valence-electron chi connectivity index (χ3n) is 2.44. The van der Waals surface area contributed by atoms with Gasteiger partial charge in [-0.2, -0.15) is 0 Å². The van der Waals surface area contributed by atoms with Crippen LogP contribution in [0.15, 0.2) is 23.6 Å². The van der Waals surface area contributed by atoms with Gasteiger partial charge >= 0.3 is 0 Å². The van der Waals surface area contributed by atoms with Crippen LogP contribution in [0, 0.1) is 13.8 Å². The van der Waals surface area contributed by atoms with Gasteiger partial charge in [-0.1, -0.05) is 17.2 Å². The molecule has 17 heavy (non-hydrogen) atoms. The number of thiazole rings is 1. The highest BCUT2D eigenvalue weighted by Crippen LogP contribution is 2.16. The van der Waals surface area contributed by atoms with E-state index in [1.54, 1.807) is 5.38 Å². The van der Waals surface area contributed by atoms with Crippen molar-refractivity contribution in [3.05, 3.63) is 51.0 Å². The van der Waals surface area contributed by atoms with Gasteiger partial charge in [0.2, 0.25) is 5.78 Å². The summed E-state index contributed by atoms with van der Waals surface area (Å²) < 4.78 is 0. The second-order valence-electron chi connectivity index (χ2n) is 4.04. The minimum Gasteiger partial charge on any atom is -0.325 e. The van der Waals surface area contributed by atoms with Crippen molar-refractivity contribution >= 4 is 17.1 Å². The predicted octanol–water partition coefficient (Wildman–Crippen LogP) is 2.45. The van der Waals surface area contributed by atoms with Crippen molar-refractivity contribution in [1.29, 1.82) is 0 Å². The van der Waals surface area contributed by atoms with Gasteiger partial charge in [-0.3, -0.25) is 4.79 Å². The molecule has 0 spiro atoms. The number of rotatable bonds is 3. The summed E-state index contributed by atoms with van der Waals surface area (Å²) in [4.78, 5) is 16.4. The molecule has 2 N–H and O–H groups in total. The van der Waals surface area contributed by atoms with E-state index in [9.17, 15) is 4.79 Å². The van der Waals surface area contributed by atoms with E-state index >= 15 is 0 Å². The van der Waals surface area contributed by atoms with Crippen LogP contribution >= 0.6 is 11.3 Å². The van der Waals surface area contributed by atoms with Crippen LogP contribution in [0.1, 0.15) is 32.2 Å². The third kappa shape index (κ3) is 2.60. The van der Waals surface area contributed by atoms with Gasteiger partial charge < -0.3 is 5.73 Å². The lowest BCUT2D eigenvalue weighted by Crippen LogP contribution is -2.04. The van der Waals surface area contributed by atoms with Crippen LogP contribution in [0.4, 0.5) is 0 Å². The molecule has 1 aromatic carbocycles. The van der Waals surface area contributed by atoms with Crippen LogP contribution in [0.5, 0.6) is 0 Å². The van der Waals surface area contributed by atoms with E-state index in [1.807, 2.05) is 32.0 Å². The van der Waals surface area contributed by atoms with E-state index in [4.69, 9.17) is 5.73 Å². The number of nitrogens with two attached hydrogens (primary N) is 1. The van der Waals surface area contributed by atoms with Crippen molar-refractivity contribution < 1.29 is 4.79 Å². The summed E-state index contributed by atoms with van der Waals surface area (Å²) >= 11 is 1.42. The van der Waals surface area contributed by atoms with Crippen LogP contribution in [0.3, 0.4) is 0 Å². The van der Waals surface area contributed by atoms with Crippen molar-refractivity contribution in [1.82, 2.24) is 4.98 Å². The van der Waals surface area contributed by atoms with Crippen molar-refractivity contribution in [3.63, 3.8) is 0 Å². The second kappa shape index (κ2) is 4.77. The number of aryl methyl sites for hydroxylation is 2. The summed E-state index contributed by atoms with van der Waals surface area (Å²) in [5.74, 6) is -0.0345. The van der Waals surface area contributed by atoms with Crippen molar-refractivity contribution in [2.24, 2.45) is 5.73 Å². The first kappa shape index (κ1) is 12.0.